The number of para-hydroxylation sites is 2. The van der Waals surface area contributed by atoms with Crippen molar-refractivity contribution in [3.63, 3.8) is 0 Å². The number of benzene rings is 1. The summed E-state index contributed by atoms with van der Waals surface area (Å²) in [6, 6.07) is 9.76. The number of nitrogens with zero attached hydrogens (tertiary/aromatic N) is 5. The van der Waals surface area contributed by atoms with Crippen molar-refractivity contribution in [3.05, 3.63) is 29.9 Å². The van der Waals surface area contributed by atoms with Crippen molar-refractivity contribution in [1.82, 2.24) is 14.0 Å². The van der Waals surface area contributed by atoms with Crippen molar-refractivity contribution in [2.24, 2.45) is 16.8 Å². The van der Waals surface area contributed by atoms with Gasteiger partial charge < -0.3 is 14.0 Å². The molecule has 5 heteroatoms. The minimum absolute atomic E-state index is 0.428. The molecule has 0 amide bonds. The van der Waals surface area contributed by atoms with E-state index in [0.29, 0.717) is 6.04 Å². The first-order chi connectivity index (χ1) is 14.8. The Hall–Kier alpha value is -2.06. The monoisotopic (exact) mass is 405 g/mol. The average Bonchev–Trinajstić information content (AvgIpc) is 3.12. The van der Waals surface area contributed by atoms with Gasteiger partial charge in [-0.2, -0.15) is 5.26 Å². The maximum absolute atomic E-state index is 9.34. The lowest BCUT2D eigenvalue weighted by atomic mass is 9.69. The molecule has 2 aliphatic carbocycles. The largest absolute Gasteiger partial charge is 0.310 e. The van der Waals surface area contributed by atoms with Gasteiger partial charge in [0.1, 0.15) is 0 Å². The molecule has 1 aromatic heterocycles. The van der Waals surface area contributed by atoms with E-state index in [9.17, 15) is 5.26 Å². The molecule has 0 spiro atoms. The Morgan fingerprint density at radius 2 is 1.67 bits per heavy atom. The smallest absolute Gasteiger partial charge is 0.221 e. The van der Waals surface area contributed by atoms with E-state index in [4.69, 9.17) is 0 Å². The van der Waals surface area contributed by atoms with Crippen molar-refractivity contribution in [2.45, 2.75) is 83.3 Å². The van der Waals surface area contributed by atoms with Crippen molar-refractivity contribution in [2.75, 3.05) is 13.1 Å². The molecular formula is C25H35N5. The number of aryl methyl sites for hydroxylation is 1. The first-order valence-electron chi connectivity index (χ1n) is 12.2. The fourth-order valence-electron chi connectivity index (χ4n) is 6.76. The molecule has 2 heterocycles. The zero-order valence-electron chi connectivity index (χ0n) is 18.3. The number of imidazole rings is 1. The molecule has 0 N–H and O–H groups in total. The van der Waals surface area contributed by atoms with E-state index in [2.05, 4.69) is 56.4 Å². The number of aromatic nitrogens is 2. The number of hydrogen-bond donors (Lipinski definition) is 0. The Morgan fingerprint density at radius 1 is 0.933 bits per heavy atom. The summed E-state index contributed by atoms with van der Waals surface area (Å²) in [5.41, 5.74) is 3.23. The number of fused-ring (bicyclic) bond motifs is 2. The first kappa shape index (κ1) is 19.9. The molecule has 0 radical (unpaired) electrons. The third kappa shape index (κ3) is 3.50. The van der Waals surface area contributed by atoms with Crippen LogP contribution in [0.2, 0.25) is 0 Å². The molecule has 3 atom stereocenters. The number of likely N-dealkylation sites (tertiary alicyclic amines) is 1. The quantitative estimate of drug-likeness (QED) is 0.686. The molecule has 30 heavy (non-hydrogen) atoms. The summed E-state index contributed by atoms with van der Waals surface area (Å²) in [5, 5.41) is 9.34. The van der Waals surface area contributed by atoms with Gasteiger partial charge in [0.15, 0.2) is 0 Å². The molecule has 160 valence electrons. The lowest BCUT2D eigenvalue weighted by Gasteiger charge is -2.45. The second kappa shape index (κ2) is 8.59. The molecule has 3 unspecified atom stereocenters. The van der Waals surface area contributed by atoms with Gasteiger partial charge in [-0.1, -0.05) is 37.8 Å². The third-order valence-electron chi connectivity index (χ3n) is 8.25. The van der Waals surface area contributed by atoms with E-state index in [1.54, 1.807) is 0 Å². The Labute approximate surface area is 180 Å². The van der Waals surface area contributed by atoms with Crippen LogP contribution in [0.1, 0.15) is 70.8 Å². The number of nitriles is 1. The summed E-state index contributed by atoms with van der Waals surface area (Å²) in [7, 11) is 0. The van der Waals surface area contributed by atoms with Crippen LogP contribution in [0.3, 0.4) is 0 Å². The Bertz CT molecular complexity index is 985. The number of rotatable bonds is 3. The van der Waals surface area contributed by atoms with Gasteiger partial charge in [-0.05, 0) is 63.0 Å². The minimum Gasteiger partial charge on any atom is -0.310 e. The molecule has 1 aromatic carbocycles. The Kier molecular flexibility index (Phi) is 5.69. The van der Waals surface area contributed by atoms with E-state index in [-0.39, 0.29) is 0 Å². The van der Waals surface area contributed by atoms with Gasteiger partial charge in [0.05, 0.1) is 11.0 Å². The number of hydrogen-bond acceptors (Lipinski definition) is 3. The number of piperidine rings is 1. The van der Waals surface area contributed by atoms with Crippen LogP contribution in [0.5, 0.6) is 0 Å². The van der Waals surface area contributed by atoms with Crippen LogP contribution in [0, 0.1) is 23.3 Å². The van der Waals surface area contributed by atoms with Crippen LogP contribution in [0.4, 0.5) is 0 Å². The summed E-state index contributed by atoms with van der Waals surface area (Å²) >= 11 is 0. The highest BCUT2D eigenvalue weighted by Crippen LogP contribution is 2.42. The van der Waals surface area contributed by atoms with Crippen LogP contribution in [0.25, 0.3) is 11.0 Å². The van der Waals surface area contributed by atoms with Gasteiger partial charge in [0.2, 0.25) is 11.8 Å². The van der Waals surface area contributed by atoms with Crippen molar-refractivity contribution in [1.29, 1.82) is 5.26 Å². The summed E-state index contributed by atoms with van der Waals surface area (Å²) in [6.45, 7) is 5.32. The zero-order valence-corrected chi connectivity index (χ0v) is 18.3. The normalized spacial score (nSPS) is 29.1. The highest BCUT2D eigenvalue weighted by atomic mass is 15.2. The molecule has 3 aliphatic rings. The molecule has 1 aliphatic heterocycles. The van der Waals surface area contributed by atoms with Crippen LogP contribution >= 0.6 is 0 Å². The average molecular weight is 406 g/mol. The highest BCUT2D eigenvalue weighted by Gasteiger charge is 2.36. The van der Waals surface area contributed by atoms with Crippen molar-refractivity contribution >= 4 is 11.0 Å². The van der Waals surface area contributed by atoms with E-state index in [1.807, 2.05) is 0 Å². The summed E-state index contributed by atoms with van der Waals surface area (Å²) < 4.78 is 4.55. The van der Waals surface area contributed by atoms with Gasteiger partial charge in [-0.15, -0.1) is 4.99 Å². The topological polar surface area (TPSA) is 49.2 Å². The molecular weight excluding hydrogens is 370 g/mol. The lowest BCUT2D eigenvalue weighted by Crippen LogP contribution is -2.46. The molecule has 0 bridgehead atoms. The van der Waals surface area contributed by atoms with Crippen LogP contribution < -0.4 is 5.62 Å². The second-order valence-corrected chi connectivity index (χ2v) is 9.65. The molecule has 5 rings (SSSR count). The predicted molar refractivity (Wildman–Crippen MR) is 120 cm³/mol. The fraction of sp³-hybridized carbons (Fsp3) is 0.680. The van der Waals surface area contributed by atoms with E-state index < -0.39 is 0 Å². The van der Waals surface area contributed by atoms with Crippen molar-refractivity contribution < 1.29 is 0 Å². The lowest BCUT2D eigenvalue weighted by molar-refractivity contribution is 0.0533. The van der Waals surface area contributed by atoms with Gasteiger partial charge >= 0.3 is 0 Å². The molecule has 1 saturated heterocycles. The highest BCUT2D eigenvalue weighted by molar-refractivity contribution is 5.76. The maximum atomic E-state index is 9.34. The molecule has 2 saturated carbocycles. The molecule has 3 fully saturated rings. The Balaban J connectivity index is 1.35. The van der Waals surface area contributed by atoms with Gasteiger partial charge in [-0.3, -0.25) is 0 Å². The minimum atomic E-state index is 0.428. The van der Waals surface area contributed by atoms with Gasteiger partial charge in [0, 0.05) is 31.7 Å². The van der Waals surface area contributed by atoms with Gasteiger partial charge in [-0.25, -0.2) is 0 Å². The maximum Gasteiger partial charge on any atom is 0.221 e. The third-order valence-corrected chi connectivity index (χ3v) is 8.25. The fourth-order valence-corrected chi connectivity index (χ4v) is 6.76. The van der Waals surface area contributed by atoms with E-state index in [1.165, 1.54) is 69.1 Å². The van der Waals surface area contributed by atoms with Gasteiger partial charge in [0.25, 0.3) is 0 Å². The van der Waals surface area contributed by atoms with E-state index >= 15 is 0 Å². The van der Waals surface area contributed by atoms with Crippen molar-refractivity contribution in [3.8, 4) is 6.19 Å². The van der Waals surface area contributed by atoms with Crippen LogP contribution in [-0.2, 0) is 6.54 Å². The summed E-state index contributed by atoms with van der Waals surface area (Å²) in [5.74, 6) is 2.02. The molecule has 2 aromatic rings. The second-order valence-electron chi connectivity index (χ2n) is 9.65. The summed E-state index contributed by atoms with van der Waals surface area (Å²) in [6.07, 6.45) is 14.6. The van der Waals surface area contributed by atoms with E-state index in [0.717, 1.165) is 42.9 Å². The van der Waals surface area contributed by atoms with Crippen LogP contribution in [0.15, 0.2) is 29.3 Å². The SMILES string of the molecule is CCn1/c(=N\C#N)n(C2CCN(C3CCC4CCCCC4C3)CC2)c2ccccc21. The summed E-state index contributed by atoms with van der Waals surface area (Å²) in [4.78, 5) is 7.06. The predicted octanol–water partition coefficient (Wildman–Crippen LogP) is 4.84. The zero-order chi connectivity index (χ0) is 20.5. The Morgan fingerprint density at radius 3 is 2.40 bits per heavy atom. The first-order valence-corrected chi connectivity index (χ1v) is 12.2. The standard InChI is InChI=1S/C25H35N5/c1-2-29-23-9-5-6-10-24(23)30(25(29)27-18-26)21-13-15-28(16-14-21)22-12-11-19-7-3-4-8-20(19)17-22/h5-6,9-10,19-22H,2-4,7-8,11-17H2,1H3/b27-25+. The van der Waals surface area contributed by atoms with Crippen LogP contribution in [-0.4, -0.2) is 33.2 Å². The molecule has 5 nitrogen and oxygen atoms in total.